The normalized spacial score (nSPS) is 15.5. The number of ether oxygens (including phenoxy) is 2. The summed E-state index contributed by atoms with van der Waals surface area (Å²) >= 11 is 0. The smallest absolute Gasteiger partial charge is 0.228 e. The molecule has 170 valence electrons. The molecule has 1 atom stereocenters. The molecular formula is C23H27F2N5O2. The Morgan fingerprint density at radius 1 is 1.16 bits per heavy atom. The Hall–Kier alpha value is -3.33. The summed E-state index contributed by atoms with van der Waals surface area (Å²) in [6.45, 7) is 7.10. The van der Waals surface area contributed by atoms with Crippen LogP contribution in [0.5, 0.6) is 5.75 Å². The minimum absolute atomic E-state index is 0.0739. The van der Waals surface area contributed by atoms with Gasteiger partial charge in [0.05, 0.1) is 18.9 Å². The van der Waals surface area contributed by atoms with Gasteiger partial charge < -0.3 is 19.7 Å². The quantitative estimate of drug-likeness (QED) is 0.576. The van der Waals surface area contributed by atoms with Crippen LogP contribution in [0, 0.1) is 5.82 Å². The number of alkyl halides is 1. The lowest BCUT2D eigenvalue weighted by Crippen LogP contribution is -2.41. The number of anilines is 3. The lowest BCUT2D eigenvalue weighted by atomic mass is 10.1. The largest absolute Gasteiger partial charge is 0.463 e. The molecule has 0 saturated carbocycles. The van der Waals surface area contributed by atoms with Crippen LogP contribution in [0.4, 0.5) is 26.2 Å². The topological polar surface area (TPSA) is 72.4 Å². The maximum Gasteiger partial charge on any atom is 0.228 e. The van der Waals surface area contributed by atoms with E-state index in [0.29, 0.717) is 37.1 Å². The number of aromatic nitrogens is 3. The Labute approximate surface area is 186 Å². The molecule has 2 aromatic heterocycles. The van der Waals surface area contributed by atoms with Gasteiger partial charge >= 0.3 is 0 Å². The predicted octanol–water partition coefficient (Wildman–Crippen LogP) is 4.98. The van der Waals surface area contributed by atoms with Gasteiger partial charge in [0, 0.05) is 18.7 Å². The summed E-state index contributed by atoms with van der Waals surface area (Å²) in [6, 6.07) is 11.7. The number of pyridine rings is 1. The maximum absolute atomic E-state index is 14.4. The van der Waals surface area contributed by atoms with E-state index >= 15 is 0 Å². The van der Waals surface area contributed by atoms with Crippen molar-refractivity contribution in [2.75, 3.05) is 36.8 Å². The number of halogens is 2. The first-order valence-corrected chi connectivity index (χ1v) is 10.5. The van der Waals surface area contributed by atoms with Gasteiger partial charge in [-0.1, -0.05) is 26.0 Å². The zero-order chi connectivity index (χ0) is 22.9. The van der Waals surface area contributed by atoms with Crippen molar-refractivity contribution in [3.63, 3.8) is 0 Å². The SMILES string of the molecule is CC.C[C@@H]1CN(c2ccc(F)c(Nc3cc(-c4ccc(OCF)cc4)cnn3)n2)CCO1. The Morgan fingerprint density at radius 2 is 1.94 bits per heavy atom. The molecule has 4 rings (SSSR count). The van der Waals surface area contributed by atoms with Gasteiger partial charge in [-0.3, -0.25) is 0 Å². The van der Waals surface area contributed by atoms with Gasteiger partial charge in [0.15, 0.2) is 17.5 Å². The number of rotatable bonds is 6. The molecule has 1 aliphatic heterocycles. The Morgan fingerprint density at radius 3 is 2.66 bits per heavy atom. The highest BCUT2D eigenvalue weighted by atomic mass is 19.1. The van der Waals surface area contributed by atoms with Crippen LogP contribution < -0.4 is 15.0 Å². The van der Waals surface area contributed by atoms with E-state index in [1.807, 2.05) is 20.8 Å². The molecule has 0 amide bonds. The monoisotopic (exact) mass is 443 g/mol. The molecule has 1 N–H and O–H groups in total. The van der Waals surface area contributed by atoms with Crippen LogP contribution in [-0.4, -0.2) is 47.8 Å². The van der Waals surface area contributed by atoms with Crippen molar-refractivity contribution in [3.8, 4) is 16.9 Å². The molecule has 0 unspecified atom stereocenters. The number of nitrogens with one attached hydrogen (secondary N) is 1. The molecular weight excluding hydrogens is 416 g/mol. The lowest BCUT2D eigenvalue weighted by Gasteiger charge is -2.32. The summed E-state index contributed by atoms with van der Waals surface area (Å²) in [7, 11) is 0. The molecule has 1 aromatic carbocycles. The molecule has 1 saturated heterocycles. The Kier molecular flexibility index (Phi) is 8.27. The molecule has 3 heterocycles. The number of hydrogen-bond donors (Lipinski definition) is 1. The molecule has 1 aliphatic rings. The van der Waals surface area contributed by atoms with Crippen molar-refractivity contribution in [3.05, 3.63) is 54.5 Å². The van der Waals surface area contributed by atoms with Crippen LogP contribution in [0.3, 0.4) is 0 Å². The summed E-state index contributed by atoms with van der Waals surface area (Å²) < 4.78 is 37.0. The molecule has 0 radical (unpaired) electrons. The maximum atomic E-state index is 14.4. The lowest BCUT2D eigenvalue weighted by molar-refractivity contribution is 0.0529. The molecule has 0 spiro atoms. The third-order valence-electron chi connectivity index (χ3n) is 4.71. The van der Waals surface area contributed by atoms with Crippen molar-refractivity contribution in [2.24, 2.45) is 0 Å². The molecule has 1 fully saturated rings. The highest BCUT2D eigenvalue weighted by Crippen LogP contribution is 2.26. The summed E-state index contributed by atoms with van der Waals surface area (Å²) in [6.07, 6.45) is 1.68. The standard InChI is InChI=1S/C21H21F2N5O2.C2H6/c1-14-12-28(8-9-29-14)20-7-6-18(23)21(26-20)25-19-10-16(11-24-27-19)15-2-4-17(5-3-15)30-13-22;1-2/h2-7,10-11,14H,8-9,12-13H2,1H3,(H,25,26,27);1-2H3/t14-;/m1./s1. The first kappa shape index (κ1) is 23.3. The highest BCUT2D eigenvalue weighted by Gasteiger charge is 2.19. The second-order valence-electron chi connectivity index (χ2n) is 6.86. The van der Waals surface area contributed by atoms with E-state index in [1.54, 1.807) is 42.6 Å². The number of hydrogen-bond acceptors (Lipinski definition) is 7. The molecule has 7 nitrogen and oxygen atoms in total. The Balaban J connectivity index is 0.00000141. The minimum atomic E-state index is -0.884. The van der Waals surface area contributed by atoms with Crippen LogP contribution in [0.15, 0.2) is 48.7 Å². The number of benzene rings is 1. The first-order valence-electron chi connectivity index (χ1n) is 10.5. The summed E-state index contributed by atoms with van der Waals surface area (Å²) in [5.74, 6) is 1.05. The van der Waals surface area contributed by atoms with Crippen molar-refractivity contribution in [2.45, 2.75) is 26.9 Å². The van der Waals surface area contributed by atoms with E-state index in [9.17, 15) is 8.78 Å². The van der Waals surface area contributed by atoms with Crippen LogP contribution >= 0.6 is 0 Å². The van der Waals surface area contributed by atoms with Gasteiger partial charge in [0.25, 0.3) is 0 Å². The molecule has 9 heteroatoms. The van der Waals surface area contributed by atoms with Crippen molar-refractivity contribution in [1.29, 1.82) is 0 Å². The average Bonchev–Trinajstić information content (AvgIpc) is 2.83. The fourth-order valence-electron chi connectivity index (χ4n) is 3.24. The summed E-state index contributed by atoms with van der Waals surface area (Å²) in [5.41, 5.74) is 1.60. The van der Waals surface area contributed by atoms with Gasteiger partial charge in [-0.15, -0.1) is 5.10 Å². The number of morpholine rings is 1. The van der Waals surface area contributed by atoms with Gasteiger partial charge in [-0.25, -0.2) is 13.8 Å². The van der Waals surface area contributed by atoms with Crippen molar-refractivity contribution in [1.82, 2.24) is 15.2 Å². The molecule has 32 heavy (non-hydrogen) atoms. The second-order valence-corrected chi connectivity index (χ2v) is 6.86. The summed E-state index contributed by atoms with van der Waals surface area (Å²) in [5, 5.41) is 10.9. The molecule has 0 aliphatic carbocycles. The summed E-state index contributed by atoms with van der Waals surface area (Å²) in [4.78, 5) is 6.48. The fourth-order valence-corrected chi connectivity index (χ4v) is 3.24. The highest BCUT2D eigenvalue weighted by molar-refractivity contribution is 5.67. The van der Waals surface area contributed by atoms with Crippen LogP contribution in [0.25, 0.3) is 11.1 Å². The van der Waals surface area contributed by atoms with Crippen molar-refractivity contribution < 1.29 is 18.3 Å². The minimum Gasteiger partial charge on any atom is -0.463 e. The zero-order valence-electron chi connectivity index (χ0n) is 18.4. The van der Waals surface area contributed by atoms with Gasteiger partial charge in [-0.05, 0) is 42.8 Å². The van der Waals surface area contributed by atoms with E-state index in [2.05, 4.69) is 25.4 Å². The Bertz CT molecular complexity index is 1000. The third-order valence-corrected chi connectivity index (χ3v) is 4.71. The molecule has 3 aromatic rings. The first-order chi connectivity index (χ1) is 15.6. The van der Waals surface area contributed by atoms with Gasteiger partial charge in [-0.2, -0.15) is 5.10 Å². The zero-order valence-corrected chi connectivity index (χ0v) is 18.4. The predicted molar refractivity (Wildman–Crippen MR) is 121 cm³/mol. The van der Waals surface area contributed by atoms with Gasteiger partial charge in [0.1, 0.15) is 11.6 Å². The van der Waals surface area contributed by atoms with E-state index in [0.717, 1.165) is 11.1 Å². The molecule has 0 bridgehead atoms. The van der Waals surface area contributed by atoms with E-state index in [1.165, 1.54) is 6.07 Å². The van der Waals surface area contributed by atoms with Crippen LogP contribution in [0.1, 0.15) is 20.8 Å². The van der Waals surface area contributed by atoms with Crippen molar-refractivity contribution >= 4 is 17.5 Å². The second kappa shape index (κ2) is 11.3. The van der Waals surface area contributed by atoms with E-state index in [4.69, 9.17) is 9.47 Å². The third kappa shape index (κ3) is 5.88. The fraction of sp³-hybridized carbons (Fsp3) is 0.348. The van der Waals surface area contributed by atoms with E-state index in [-0.39, 0.29) is 11.9 Å². The van der Waals surface area contributed by atoms with Gasteiger partial charge in [0.2, 0.25) is 6.86 Å². The van der Waals surface area contributed by atoms with E-state index < -0.39 is 12.7 Å². The number of nitrogens with zero attached hydrogens (tertiary/aromatic N) is 4. The van der Waals surface area contributed by atoms with Crippen LogP contribution in [-0.2, 0) is 4.74 Å². The average molecular weight is 443 g/mol. The van der Waals surface area contributed by atoms with Crippen LogP contribution in [0.2, 0.25) is 0 Å².